The molecule has 0 aliphatic heterocycles. The Bertz CT molecular complexity index is 347. The average Bonchev–Trinajstić information content (AvgIpc) is 2.97. The van der Waals surface area contributed by atoms with Crippen LogP contribution < -0.4 is 0 Å². The molecule has 1 aromatic rings. The lowest BCUT2D eigenvalue weighted by atomic mass is 10.1. The van der Waals surface area contributed by atoms with Crippen molar-refractivity contribution in [2.45, 2.75) is 25.7 Å². The summed E-state index contributed by atoms with van der Waals surface area (Å²) in [7, 11) is 0. The van der Waals surface area contributed by atoms with E-state index in [4.69, 9.17) is 0 Å². The summed E-state index contributed by atoms with van der Waals surface area (Å²) in [6.07, 6.45) is 6.49. The van der Waals surface area contributed by atoms with Gasteiger partial charge in [0.25, 0.3) is 0 Å². The average molecular weight is 193 g/mol. The molecule has 2 nitrogen and oxygen atoms in total. The predicted molar refractivity (Wildman–Crippen MR) is 50.5 cm³/mol. The Morgan fingerprint density at radius 1 is 1.50 bits per heavy atom. The van der Waals surface area contributed by atoms with E-state index < -0.39 is 5.82 Å². The molecule has 0 aromatic carbocycles. The first-order chi connectivity index (χ1) is 6.75. The molecule has 0 saturated heterocycles. The molecule has 1 aliphatic carbocycles. The lowest BCUT2D eigenvalue weighted by Crippen LogP contribution is -2.00. The molecule has 1 aliphatic rings. The zero-order valence-electron chi connectivity index (χ0n) is 7.87. The van der Waals surface area contributed by atoms with Crippen LogP contribution in [0.25, 0.3) is 0 Å². The van der Waals surface area contributed by atoms with Gasteiger partial charge in [0.1, 0.15) is 5.82 Å². The summed E-state index contributed by atoms with van der Waals surface area (Å²) in [5.41, 5.74) is 0.394. The van der Waals surface area contributed by atoms with Gasteiger partial charge in [0.15, 0.2) is 5.78 Å². The number of ketones is 1. The highest BCUT2D eigenvalue weighted by molar-refractivity contribution is 5.95. The van der Waals surface area contributed by atoms with Crippen molar-refractivity contribution in [3.05, 3.63) is 29.8 Å². The summed E-state index contributed by atoms with van der Waals surface area (Å²) >= 11 is 0. The van der Waals surface area contributed by atoms with Crippen molar-refractivity contribution in [3.63, 3.8) is 0 Å². The van der Waals surface area contributed by atoms with E-state index in [0.717, 1.165) is 18.5 Å². The van der Waals surface area contributed by atoms with E-state index in [2.05, 4.69) is 4.98 Å². The van der Waals surface area contributed by atoms with Crippen LogP contribution in [0.3, 0.4) is 0 Å². The first kappa shape index (κ1) is 9.31. The fraction of sp³-hybridized carbons (Fsp3) is 0.455. The minimum absolute atomic E-state index is 0.00361. The summed E-state index contributed by atoms with van der Waals surface area (Å²) in [6, 6.07) is 1.25. The van der Waals surface area contributed by atoms with Crippen molar-refractivity contribution < 1.29 is 9.18 Å². The predicted octanol–water partition coefficient (Wildman–Crippen LogP) is 2.59. The van der Waals surface area contributed by atoms with Gasteiger partial charge in [-0.05, 0) is 18.4 Å². The van der Waals surface area contributed by atoms with Crippen LogP contribution in [0.15, 0.2) is 18.5 Å². The molecule has 0 atom stereocenters. The highest BCUT2D eigenvalue weighted by Gasteiger charge is 2.22. The second-order valence-corrected chi connectivity index (χ2v) is 3.80. The largest absolute Gasteiger partial charge is 0.294 e. The van der Waals surface area contributed by atoms with Crippen LogP contribution >= 0.6 is 0 Å². The molecule has 0 amide bonds. The van der Waals surface area contributed by atoms with Gasteiger partial charge in [-0.2, -0.15) is 0 Å². The molecule has 0 spiro atoms. The number of pyridine rings is 1. The third kappa shape index (κ3) is 2.37. The molecule has 1 heterocycles. The normalized spacial score (nSPS) is 15.5. The highest BCUT2D eigenvalue weighted by atomic mass is 19.1. The van der Waals surface area contributed by atoms with Crippen LogP contribution in [-0.2, 0) is 0 Å². The van der Waals surface area contributed by atoms with Crippen LogP contribution in [0.1, 0.15) is 36.0 Å². The van der Waals surface area contributed by atoms with Gasteiger partial charge in [0.05, 0.1) is 6.20 Å². The van der Waals surface area contributed by atoms with Crippen molar-refractivity contribution in [1.82, 2.24) is 4.98 Å². The Labute approximate surface area is 82.2 Å². The number of rotatable bonds is 4. The zero-order chi connectivity index (χ0) is 9.97. The maximum absolute atomic E-state index is 12.7. The lowest BCUT2D eigenvalue weighted by Gasteiger charge is -1.99. The number of halogens is 1. The van der Waals surface area contributed by atoms with Gasteiger partial charge >= 0.3 is 0 Å². The Morgan fingerprint density at radius 2 is 2.29 bits per heavy atom. The molecule has 0 unspecified atom stereocenters. The summed E-state index contributed by atoms with van der Waals surface area (Å²) in [5.74, 6) is 0.298. The topological polar surface area (TPSA) is 30.0 Å². The third-order valence-corrected chi connectivity index (χ3v) is 2.50. The van der Waals surface area contributed by atoms with Gasteiger partial charge in [0.2, 0.25) is 0 Å². The lowest BCUT2D eigenvalue weighted by molar-refractivity contribution is 0.0977. The summed E-state index contributed by atoms with van der Waals surface area (Å²) < 4.78 is 12.7. The molecule has 3 heteroatoms. The van der Waals surface area contributed by atoms with Crippen LogP contribution in [-0.4, -0.2) is 10.8 Å². The maximum atomic E-state index is 12.7. The number of aromatic nitrogens is 1. The smallest absolute Gasteiger partial charge is 0.164 e. The Kier molecular flexibility index (Phi) is 2.57. The molecule has 0 radical (unpaired) electrons. The molecule has 14 heavy (non-hydrogen) atoms. The Balaban J connectivity index is 1.95. The maximum Gasteiger partial charge on any atom is 0.164 e. The van der Waals surface area contributed by atoms with E-state index in [1.165, 1.54) is 25.1 Å². The van der Waals surface area contributed by atoms with Gasteiger partial charge in [-0.25, -0.2) is 4.39 Å². The van der Waals surface area contributed by atoms with Gasteiger partial charge in [-0.3, -0.25) is 9.78 Å². The second kappa shape index (κ2) is 3.86. The molecule has 0 bridgehead atoms. The summed E-state index contributed by atoms with van der Waals surface area (Å²) in [5, 5.41) is 0. The van der Waals surface area contributed by atoms with Crippen LogP contribution in [0.2, 0.25) is 0 Å². The van der Waals surface area contributed by atoms with E-state index in [-0.39, 0.29) is 5.78 Å². The van der Waals surface area contributed by atoms with E-state index in [0.29, 0.717) is 12.0 Å². The van der Waals surface area contributed by atoms with Crippen molar-refractivity contribution >= 4 is 5.78 Å². The monoisotopic (exact) mass is 193 g/mol. The standard InChI is InChI=1S/C11H12FNO/c12-10-5-9(6-13-7-10)11(14)4-3-8-1-2-8/h5-8H,1-4H2. The van der Waals surface area contributed by atoms with E-state index in [1.807, 2.05) is 0 Å². The van der Waals surface area contributed by atoms with E-state index in [1.54, 1.807) is 0 Å². The van der Waals surface area contributed by atoms with Crippen LogP contribution in [0.4, 0.5) is 4.39 Å². The molecule has 2 rings (SSSR count). The number of hydrogen-bond donors (Lipinski definition) is 0. The number of carbonyl (C=O) groups excluding carboxylic acids is 1. The van der Waals surface area contributed by atoms with Gasteiger partial charge in [-0.1, -0.05) is 12.8 Å². The SMILES string of the molecule is O=C(CCC1CC1)c1cncc(F)c1. The number of hydrogen-bond acceptors (Lipinski definition) is 2. The quantitative estimate of drug-likeness (QED) is 0.688. The van der Waals surface area contributed by atoms with Gasteiger partial charge in [0, 0.05) is 18.2 Å². The van der Waals surface area contributed by atoms with Gasteiger partial charge in [-0.15, -0.1) is 0 Å². The third-order valence-electron chi connectivity index (χ3n) is 2.50. The molecule has 1 aromatic heterocycles. The molecule has 1 saturated carbocycles. The second-order valence-electron chi connectivity index (χ2n) is 3.80. The van der Waals surface area contributed by atoms with E-state index >= 15 is 0 Å². The number of carbonyl (C=O) groups is 1. The minimum Gasteiger partial charge on any atom is -0.294 e. The summed E-state index contributed by atoms with van der Waals surface area (Å²) in [4.78, 5) is 15.2. The number of nitrogens with zero attached hydrogens (tertiary/aromatic N) is 1. The fourth-order valence-corrected chi connectivity index (χ4v) is 1.45. The van der Waals surface area contributed by atoms with Crippen molar-refractivity contribution in [1.29, 1.82) is 0 Å². The van der Waals surface area contributed by atoms with Crippen molar-refractivity contribution in [2.75, 3.05) is 0 Å². The highest BCUT2D eigenvalue weighted by Crippen LogP contribution is 2.33. The molecular weight excluding hydrogens is 181 g/mol. The number of Topliss-reactive ketones (excluding diaryl/α,β-unsaturated/α-hetero) is 1. The Morgan fingerprint density at radius 3 is 2.93 bits per heavy atom. The summed E-state index contributed by atoms with van der Waals surface area (Å²) in [6.45, 7) is 0. The van der Waals surface area contributed by atoms with Crippen LogP contribution in [0, 0.1) is 11.7 Å². The fourth-order valence-electron chi connectivity index (χ4n) is 1.45. The molecule has 0 N–H and O–H groups in total. The van der Waals surface area contributed by atoms with Crippen molar-refractivity contribution in [2.24, 2.45) is 5.92 Å². The molecule has 1 fully saturated rings. The first-order valence-electron chi connectivity index (χ1n) is 4.89. The Hall–Kier alpha value is -1.25. The van der Waals surface area contributed by atoms with Crippen molar-refractivity contribution in [3.8, 4) is 0 Å². The first-order valence-corrected chi connectivity index (χ1v) is 4.89. The molecular formula is C11H12FNO. The van der Waals surface area contributed by atoms with Gasteiger partial charge < -0.3 is 0 Å². The molecule has 74 valence electrons. The van der Waals surface area contributed by atoms with Crippen LogP contribution in [0.5, 0.6) is 0 Å². The minimum atomic E-state index is -0.442. The zero-order valence-corrected chi connectivity index (χ0v) is 7.87. The van der Waals surface area contributed by atoms with E-state index in [9.17, 15) is 9.18 Å².